The Balaban J connectivity index is 1.65. The van der Waals surface area contributed by atoms with E-state index in [0.717, 1.165) is 22.0 Å². The minimum Gasteiger partial charge on any atom is -0.496 e. The Labute approximate surface area is 164 Å². The number of hydrazone groups is 1. The highest BCUT2D eigenvalue weighted by Crippen LogP contribution is 2.25. The molecule has 0 aliphatic heterocycles. The molecule has 0 saturated carbocycles. The molecule has 0 fully saturated rings. The fourth-order valence-electron chi connectivity index (χ4n) is 2.80. The monoisotopic (exact) mass is 373 g/mol. The Bertz CT molecular complexity index is 1020. The van der Waals surface area contributed by atoms with Crippen LogP contribution in [0.4, 0.5) is 5.69 Å². The van der Waals surface area contributed by atoms with Gasteiger partial charge in [0.05, 0.1) is 12.7 Å². The fourth-order valence-corrected chi connectivity index (χ4v) is 2.80. The van der Waals surface area contributed by atoms with Gasteiger partial charge in [-0.25, -0.2) is 5.43 Å². The Morgan fingerprint density at radius 2 is 1.71 bits per heavy atom. The Morgan fingerprint density at radius 3 is 2.36 bits per heavy atom. The summed E-state index contributed by atoms with van der Waals surface area (Å²) >= 11 is 0. The van der Waals surface area contributed by atoms with E-state index in [-0.39, 0.29) is 5.91 Å². The molecule has 1 N–H and O–H groups in total. The molecule has 0 heterocycles. The van der Waals surface area contributed by atoms with Crippen LogP contribution in [0.25, 0.3) is 16.8 Å². The van der Waals surface area contributed by atoms with E-state index in [1.807, 2.05) is 79.7 Å². The normalized spacial score (nSPS) is 11.2. The first kappa shape index (κ1) is 19.2. The summed E-state index contributed by atoms with van der Waals surface area (Å²) in [6.07, 6.45) is 5.25. The number of anilines is 1. The van der Waals surface area contributed by atoms with Crippen molar-refractivity contribution >= 4 is 34.7 Å². The predicted octanol–water partition coefficient (Wildman–Crippen LogP) is 4.34. The summed E-state index contributed by atoms with van der Waals surface area (Å²) in [6.45, 7) is 0. The van der Waals surface area contributed by atoms with Crippen molar-refractivity contribution in [3.63, 3.8) is 0 Å². The molecule has 0 bridgehead atoms. The first-order valence-electron chi connectivity index (χ1n) is 8.93. The number of amides is 1. The molecular weight excluding hydrogens is 350 g/mol. The van der Waals surface area contributed by atoms with E-state index < -0.39 is 0 Å². The molecule has 0 aliphatic carbocycles. The Morgan fingerprint density at radius 1 is 1.04 bits per heavy atom. The molecular formula is C23H23N3O2. The van der Waals surface area contributed by atoms with E-state index in [0.29, 0.717) is 11.3 Å². The van der Waals surface area contributed by atoms with Crippen molar-refractivity contribution in [1.29, 1.82) is 0 Å². The number of nitrogens with zero attached hydrogens (tertiary/aromatic N) is 2. The van der Waals surface area contributed by atoms with Gasteiger partial charge in [-0.05, 0) is 46.7 Å². The highest BCUT2D eigenvalue weighted by molar-refractivity contribution is 6.01. The van der Waals surface area contributed by atoms with Crippen molar-refractivity contribution in [3.05, 3.63) is 77.9 Å². The molecule has 3 aromatic carbocycles. The summed E-state index contributed by atoms with van der Waals surface area (Å²) in [4.78, 5) is 14.5. The molecule has 0 saturated heterocycles. The zero-order chi connectivity index (χ0) is 19.9. The van der Waals surface area contributed by atoms with Crippen LogP contribution in [0.2, 0.25) is 0 Å². The predicted molar refractivity (Wildman–Crippen MR) is 116 cm³/mol. The first-order chi connectivity index (χ1) is 13.6. The molecule has 0 aliphatic rings. The number of rotatable bonds is 6. The van der Waals surface area contributed by atoms with Crippen molar-refractivity contribution in [2.75, 3.05) is 26.1 Å². The molecule has 1 amide bonds. The van der Waals surface area contributed by atoms with E-state index >= 15 is 0 Å². The van der Waals surface area contributed by atoms with Crippen molar-refractivity contribution < 1.29 is 9.53 Å². The van der Waals surface area contributed by atoms with Crippen LogP contribution in [0.1, 0.15) is 15.9 Å². The molecule has 0 unspecified atom stereocenters. The van der Waals surface area contributed by atoms with Crippen molar-refractivity contribution in [2.24, 2.45) is 5.10 Å². The van der Waals surface area contributed by atoms with Gasteiger partial charge in [0.25, 0.3) is 5.91 Å². The van der Waals surface area contributed by atoms with E-state index in [4.69, 9.17) is 4.74 Å². The maximum atomic E-state index is 12.5. The van der Waals surface area contributed by atoms with E-state index in [2.05, 4.69) is 10.5 Å². The van der Waals surface area contributed by atoms with Gasteiger partial charge < -0.3 is 9.64 Å². The number of hydrogen-bond acceptors (Lipinski definition) is 4. The number of carbonyl (C=O) groups is 1. The summed E-state index contributed by atoms with van der Waals surface area (Å²) in [6, 6.07) is 19.6. The molecule has 142 valence electrons. The quantitative estimate of drug-likeness (QED) is 0.516. The molecule has 3 rings (SSSR count). The van der Waals surface area contributed by atoms with Crippen molar-refractivity contribution in [3.8, 4) is 5.75 Å². The third-order valence-electron chi connectivity index (χ3n) is 4.34. The smallest absolute Gasteiger partial charge is 0.275 e. The van der Waals surface area contributed by atoms with Crippen LogP contribution in [0, 0.1) is 0 Å². The molecule has 0 aromatic heterocycles. The average Bonchev–Trinajstić information content (AvgIpc) is 2.72. The SMILES string of the molecule is COc1cc2ccccc2cc1C(=O)NN=CC=Cc1ccc(N(C)C)cc1. The summed E-state index contributed by atoms with van der Waals surface area (Å²) in [5, 5.41) is 5.98. The molecule has 0 radical (unpaired) electrons. The zero-order valence-electron chi connectivity index (χ0n) is 16.2. The summed E-state index contributed by atoms with van der Waals surface area (Å²) < 4.78 is 5.36. The largest absolute Gasteiger partial charge is 0.496 e. The third kappa shape index (κ3) is 4.57. The first-order valence-corrected chi connectivity index (χ1v) is 8.93. The summed E-state index contributed by atoms with van der Waals surface area (Å²) in [5.74, 6) is 0.200. The number of fused-ring (bicyclic) bond motifs is 1. The number of allylic oxidation sites excluding steroid dienone is 1. The van der Waals surface area contributed by atoms with Crippen LogP contribution in [-0.4, -0.2) is 33.3 Å². The van der Waals surface area contributed by atoms with E-state index in [1.165, 1.54) is 0 Å². The van der Waals surface area contributed by atoms with Crippen LogP contribution < -0.4 is 15.1 Å². The van der Waals surface area contributed by atoms with Crippen molar-refractivity contribution in [1.82, 2.24) is 5.43 Å². The van der Waals surface area contributed by atoms with Gasteiger partial charge in [0.1, 0.15) is 5.75 Å². The van der Waals surface area contributed by atoms with Crippen LogP contribution in [0.5, 0.6) is 5.75 Å². The summed E-state index contributed by atoms with van der Waals surface area (Å²) in [5.41, 5.74) is 5.18. The van der Waals surface area contributed by atoms with Crippen molar-refractivity contribution in [2.45, 2.75) is 0 Å². The van der Waals surface area contributed by atoms with Gasteiger partial charge >= 0.3 is 0 Å². The maximum Gasteiger partial charge on any atom is 0.275 e. The van der Waals surface area contributed by atoms with Crippen LogP contribution in [0.3, 0.4) is 0 Å². The number of benzene rings is 3. The van der Waals surface area contributed by atoms with E-state index in [1.54, 1.807) is 25.5 Å². The maximum absolute atomic E-state index is 12.5. The number of nitrogens with one attached hydrogen (secondary N) is 1. The molecule has 3 aromatic rings. The zero-order valence-corrected chi connectivity index (χ0v) is 16.2. The third-order valence-corrected chi connectivity index (χ3v) is 4.34. The number of methoxy groups -OCH3 is 1. The van der Waals surface area contributed by atoms with Gasteiger partial charge in [0.2, 0.25) is 0 Å². The lowest BCUT2D eigenvalue weighted by molar-refractivity contribution is 0.0952. The minimum absolute atomic E-state index is 0.317. The van der Waals surface area contributed by atoms with Gasteiger partial charge in [-0.1, -0.05) is 42.5 Å². The lowest BCUT2D eigenvalue weighted by atomic mass is 10.1. The minimum atomic E-state index is -0.317. The van der Waals surface area contributed by atoms with E-state index in [9.17, 15) is 4.79 Å². The topological polar surface area (TPSA) is 53.9 Å². The van der Waals surface area contributed by atoms with Gasteiger partial charge in [-0.2, -0.15) is 5.10 Å². The lowest BCUT2D eigenvalue weighted by Crippen LogP contribution is -2.18. The summed E-state index contributed by atoms with van der Waals surface area (Å²) in [7, 11) is 5.56. The van der Waals surface area contributed by atoms with Gasteiger partial charge in [-0.15, -0.1) is 0 Å². The second kappa shape index (κ2) is 8.86. The standard InChI is InChI=1S/C23H23N3O2/c1-26(2)20-12-10-17(11-13-20)7-6-14-24-25-23(27)21-15-18-8-4-5-9-19(18)16-22(21)28-3/h4-16H,1-3H3,(H,25,27). The Kier molecular flexibility index (Phi) is 6.07. The van der Waals surface area contributed by atoms with Crippen LogP contribution in [-0.2, 0) is 0 Å². The molecule has 0 spiro atoms. The highest BCUT2D eigenvalue weighted by Gasteiger charge is 2.12. The lowest BCUT2D eigenvalue weighted by Gasteiger charge is -2.11. The molecule has 5 heteroatoms. The average molecular weight is 373 g/mol. The second-order valence-corrected chi connectivity index (χ2v) is 6.46. The number of hydrogen-bond donors (Lipinski definition) is 1. The van der Waals surface area contributed by atoms with Crippen LogP contribution in [0.15, 0.2) is 71.8 Å². The van der Waals surface area contributed by atoms with Crippen LogP contribution >= 0.6 is 0 Å². The molecule has 5 nitrogen and oxygen atoms in total. The molecule has 0 atom stereocenters. The molecule has 28 heavy (non-hydrogen) atoms. The second-order valence-electron chi connectivity index (χ2n) is 6.46. The number of carbonyl (C=O) groups excluding carboxylic acids is 1. The number of ether oxygens (including phenoxy) is 1. The fraction of sp³-hybridized carbons (Fsp3) is 0.130. The highest BCUT2D eigenvalue weighted by atomic mass is 16.5. The van der Waals surface area contributed by atoms with Gasteiger partial charge in [0, 0.05) is 26.0 Å². The van der Waals surface area contributed by atoms with Gasteiger partial charge in [0.15, 0.2) is 0 Å². The Hall–Kier alpha value is -3.60. The van der Waals surface area contributed by atoms with Gasteiger partial charge in [-0.3, -0.25) is 4.79 Å².